The van der Waals surface area contributed by atoms with Crippen molar-refractivity contribution in [3.05, 3.63) is 85.9 Å². The van der Waals surface area contributed by atoms with Gasteiger partial charge in [-0.2, -0.15) is 5.10 Å². The highest BCUT2D eigenvalue weighted by molar-refractivity contribution is 14.1. The van der Waals surface area contributed by atoms with Gasteiger partial charge in [-0.25, -0.2) is 10.2 Å². The van der Waals surface area contributed by atoms with Crippen molar-refractivity contribution in [2.45, 2.75) is 18.4 Å². The van der Waals surface area contributed by atoms with Gasteiger partial charge < -0.3 is 14.6 Å². The molecular formula is C25H22ClIN2O5S. The molecule has 3 aromatic rings. The maximum Gasteiger partial charge on any atom is 0.335 e. The summed E-state index contributed by atoms with van der Waals surface area (Å²) >= 11 is 9.41. The molecule has 7 nitrogen and oxygen atoms in total. The Morgan fingerprint density at radius 1 is 1.11 bits per heavy atom. The Labute approximate surface area is 226 Å². The molecule has 182 valence electrons. The minimum Gasteiger partial charge on any atom is -0.490 e. The first-order valence-corrected chi connectivity index (χ1v) is 12.9. The summed E-state index contributed by atoms with van der Waals surface area (Å²) < 4.78 is 12.5. The lowest BCUT2D eigenvalue weighted by Crippen LogP contribution is -2.19. The zero-order valence-electron chi connectivity index (χ0n) is 18.7. The van der Waals surface area contributed by atoms with E-state index in [1.807, 2.05) is 25.1 Å². The quantitative estimate of drug-likeness (QED) is 0.120. The highest BCUT2D eigenvalue weighted by atomic mass is 127. The number of thioether (sulfide) groups is 1. The first-order valence-electron chi connectivity index (χ1n) is 10.5. The molecule has 0 bridgehead atoms. The van der Waals surface area contributed by atoms with Crippen molar-refractivity contribution in [3.8, 4) is 11.5 Å². The van der Waals surface area contributed by atoms with Crippen molar-refractivity contribution in [2.75, 3.05) is 12.4 Å². The molecule has 0 aliphatic heterocycles. The van der Waals surface area contributed by atoms with Gasteiger partial charge in [0.25, 0.3) is 0 Å². The van der Waals surface area contributed by atoms with E-state index < -0.39 is 5.97 Å². The van der Waals surface area contributed by atoms with Gasteiger partial charge in [-0.15, -0.1) is 11.8 Å². The molecule has 0 heterocycles. The van der Waals surface area contributed by atoms with Crippen molar-refractivity contribution < 1.29 is 24.2 Å². The number of halogens is 2. The number of hydrazone groups is 1. The summed E-state index contributed by atoms with van der Waals surface area (Å²) in [7, 11) is 0. The second-order valence-corrected chi connectivity index (χ2v) is 9.74. The van der Waals surface area contributed by atoms with Crippen molar-refractivity contribution in [1.29, 1.82) is 0 Å². The lowest BCUT2D eigenvalue weighted by Gasteiger charge is -2.15. The summed E-state index contributed by atoms with van der Waals surface area (Å²) in [6.07, 6.45) is 1.55. The van der Waals surface area contributed by atoms with E-state index in [9.17, 15) is 9.59 Å². The van der Waals surface area contributed by atoms with Crippen molar-refractivity contribution in [1.82, 2.24) is 5.43 Å². The highest BCUT2D eigenvalue weighted by Gasteiger charge is 2.13. The minimum atomic E-state index is -0.973. The van der Waals surface area contributed by atoms with Crippen LogP contribution in [0.25, 0.3) is 0 Å². The number of hydrogen-bond donors (Lipinski definition) is 2. The van der Waals surface area contributed by atoms with Crippen LogP contribution < -0.4 is 14.9 Å². The van der Waals surface area contributed by atoms with E-state index in [-0.39, 0.29) is 23.8 Å². The van der Waals surface area contributed by atoms with Crippen LogP contribution in [-0.2, 0) is 11.4 Å². The molecule has 0 saturated carbocycles. The fraction of sp³-hybridized carbons (Fsp3) is 0.160. The Hall–Kier alpha value is -2.76. The first kappa shape index (κ1) is 26.8. The van der Waals surface area contributed by atoms with E-state index in [1.165, 1.54) is 23.9 Å². The second-order valence-electron chi connectivity index (χ2n) is 7.09. The van der Waals surface area contributed by atoms with E-state index in [2.05, 4.69) is 33.1 Å². The van der Waals surface area contributed by atoms with Crippen LogP contribution in [0.1, 0.15) is 28.4 Å². The molecule has 2 N–H and O–H groups in total. The third-order valence-corrected chi connectivity index (χ3v) is 6.57. The third kappa shape index (κ3) is 8.44. The number of benzene rings is 3. The number of nitrogens with zero attached hydrogens (tertiary/aromatic N) is 1. The fourth-order valence-electron chi connectivity index (χ4n) is 2.86. The normalized spacial score (nSPS) is 10.8. The largest absolute Gasteiger partial charge is 0.490 e. The molecule has 35 heavy (non-hydrogen) atoms. The number of carboxylic acids is 1. The van der Waals surface area contributed by atoms with E-state index in [0.717, 1.165) is 19.6 Å². The van der Waals surface area contributed by atoms with Crippen LogP contribution in [0.3, 0.4) is 0 Å². The predicted molar refractivity (Wildman–Crippen MR) is 146 cm³/mol. The topological polar surface area (TPSA) is 97.2 Å². The first-order chi connectivity index (χ1) is 16.9. The number of carbonyl (C=O) groups excluding carboxylic acids is 1. The summed E-state index contributed by atoms with van der Waals surface area (Å²) in [5.74, 6) is 0.151. The van der Waals surface area contributed by atoms with Crippen LogP contribution in [0.4, 0.5) is 0 Å². The zero-order chi connectivity index (χ0) is 25.2. The molecule has 0 spiro atoms. The molecule has 0 saturated heterocycles. The van der Waals surface area contributed by atoms with Gasteiger partial charge in [0, 0.05) is 9.92 Å². The molecular weight excluding hydrogens is 603 g/mol. The lowest BCUT2D eigenvalue weighted by molar-refractivity contribution is -0.118. The molecule has 10 heteroatoms. The Morgan fingerprint density at radius 2 is 1.83 bits per heavy atom. The number of hydrogen-bond acceptors (Lipinski definition) is 6. The van der Waals surface area contributed by atoms with E-state index in [1.54, 1.807) is 36.5 Å². The van der Waals surface area contributed by atoms with Crippen molar-refractivity contribution in [3.63, 3.8) is 0 Å². The van der Waals surface area contributed by atoms with Crippen LogP contribution in [0.2, 0.25) is 5.02 Å². The highest BCUT2D eigenvalue weighted by Crippen LogP contribution is 2.34. The molecule has 0 atom stereocenters. The number of amides is 1. The number of carbonyl (C=O) groups is 2. The van der Waals surface area contributed by atoms with Crippen LogP contribution in [0.5, 0.6) is 11.5 Å². The maximum atomic E-state index is 12.1. The Bertz CT molecular complexity index is 1200. The number of nitrogens with one attached hydrogen (secondary N) is 1. The molecule has 3 aromatic carbocycles. The average molecular weight is 625 g/mol. The summed E-state index contributed by atoms with van der Waals surface area (Å²) in [6, 6.07) is 17.4. The van der Waals surface area contributed by atoms with Crippen molar-refractivity contribution >= 4 is 64.0 Å². The van der Waals surface area contributed by atoms with Gasteiger partial charge >= 0.3 is 5.97 Å². The SMILES string of the molecule is CCOc1cc(/C=N\NC(=O)CSc2ccc(Cl)cc2)cc(I)c1OCc1ccc(C(=O)O)cc1. The van der Waals surface area contributed by atoms with Gasteiger partial charge in [0.2, 0.25) is 5.91 Å². The molecule has 0 fully saturated rings. The number of rotatable bonds is 11. The fourth-order valence-corrected chi connectivity index (χ4v) is 4.45. The molecule has 0 aromatic heterocycles. The third-order valence-electron chi connectivity index (χ3n) is 4.50. The van der Waals surface area contributed by atoms with Crippen LogP contribution in [0, 0.1) is 3.57 Å². The predicted octanol–water partition coefficient (Wildman–Crippen LogP) is 5.86. The van der Waals surface area contributed by atoms with Crippen LogP contribution in [-0.4, -0.2) is 35.6 Å². The maximum absolute atomic E-state index is 12.1. The van der Waals surface area contributed by atoms with Crippen LogP contribution >= 0.6 is 46.0 Å². The van der Waals surface area contributed by atoms with Gasteiger partial charge in [-0.1, -0.05) is 23.7 Å². The smallest absolute Gasteiger partial charge is 0.335 e. The van der Waals surface area contributed by atoms with Gasteiger partial charge in [0.15, 0.2) is 11.5 Å². The molecule has 3 rings (SSSR count). The molecule has 0 radical (unpaired) electrons. The van der Waals surface area contributed by atoms with Crippen LogP contribution in [0.15, 0.2) is 70.7 Å². The number of carboxylic acid groups (broad SMARTS) is 1. The van der Waals surface area contributed by atoms with Gasteiger partial charge in [0.05, 0.1) is 27.7 Å². The second kappa shape index (κ2) is 13.4. The molecule has 0 unspecified atom stereocenters. The number of aromatic carboxylic acids is 1. The van der Waals surface area contributed by atoms with E-state index >= 15 is 0 Å². The summed E-state index contributed by atoms with van der Waals surface area (Å²) in [5.41, 5.74) is 4.31. The zero-order valence-corrected chi connectivity index (χ0v) is 22.4. The number of ether oxygens (including phenoxy) is 2. The molecule has 0 aliphatic carbocycles. The van der Waals surface area contributed by atoms with E-state index in [0.29, 0.717) is 23.1 Å². The van der Waals surface area contributed by atoms with Gasteiger partial charge in [-0.05, 0) is 89.2 Å². The summed E-state index contributed by atoms with van der Waals surface area (Å²) in [6.45, 7) is 2.57. The summed E-state index contributed by atoms with van der Waals surface area (Å²) in [4.78, 5) is 24.0. The van der Waals surface area contributed by atoms with E-state index in [4.69, 9.17) is 26.2 Å². The monoisotopic (exact) mass is 624 g/mol. The Morgan fingerprint density at radius 3 is 2.49 bits per heavy atom. The molecule has 1 amide bonds. The Balaban J connectivity index is 1.60. The molecule has 0 aliphatic rings. The summed E-state index contributed by atoms with van der Waals surface area (Å²) in [5, 5.41) is 13.7. The van der Waals surface area contributed by atoms with Gasteiger partial charge in [0.1, 0.15) is 6.61 Å². The standard InChI is InChI=1S/C25H22ClIN2O5S/c1-2-33-22-12-17(13-28-29-23(30)15-35-20-9-7-19(26)8-10-20)11-21(27)24(22)34-14-16-3-5-18(6-4-16)25(31)32/h3-13H,2,14-15H2,1H3,(H,29,30)(H,31,32)/b28-13-. The van der Waals surface area contributed by atoms with Crippen molar-refractivity contribution in [2.24, 2.45) is 5.10 Å². The average Bonchev–Trinajstić information content (AvgIpc) is 2.83. The lowest BCUT2D eigenvalue weighted by atomic mass is 10.1. The Kier molecular flexibility index (Phi) is 10.2. The minimum absolute atomic E-state index is 0.220. The van der Waals surface area contributed by atoms with Gasteiger partial charge in [-0.3, -0.25) is 4.79 Å².